The minimum absolute atomic E-state index is 0.143. The maximum atomic E-state index is 12.9. The molecule has 0 bridgehead atoms. The lowest BCUT2D eigenvalue weighted by molar-refractivity contribution is -0.189. The molecule has 1 heterocycles. The summed E-state index contributed by atoms with van der Waals surface area (Å²) < 4.78 is 34.6. The van der Waals surface area contributed by atoms with Crippen molar-refractivity contribution in [3.8, 4) is 0 Å². The van der Waals surface area contributed by atoms with Gasteiger partial charge in [-0.3, -0.25) is 0 Å². The summed E-state index contributed by atoms with van der Waals surface area (Å²) in [6, 6.07) is 8.74. The largest absolute Gasteiger partial charge is 0.994 e. The molecule has 0 radical (unpaired) electrons. The van der Waals surface area contributed by atoms with Gasteiger partial charge in [-0.2, -0.15) is 0 Å². The quantitative estimate of drug-likeness (QED) is 0.515. The van der Waals surface area contributed by atoms with Crippen LogP contribution in [-0.4, -0.2) is 12.9 Å². The van der Waals surface area contributed by atoms with Crippen molar-refractivity contribution >= 4 is 12.9 Å². The molecule has 2 rings (SSSR count). The van der Waals surface area contributed by atoms with E-state index in [4.69, 9.17) is 0 Å². The monoisotopic (exact) mass is 210 g/mol. The summed E-state index contributed by atoms with van der Waals surface area (Å²) in [6.45, 7) is 1.47. The second kappa shape index (κ2) is 3.49. The summed E-state index contributed by atoms with van der Waals surface area (Å²) in [5.74, 6) is 0.300. The maximum absolute atomic E-state index is 12.9. The van der Waals surface area contributed by atoms with Gasteiger partial charge in [0.15, 0.2) is 0 Å². The predicted octanol–water partition coefficient (Wildman–Crippen LogP) is 2.71. The first kappa shape index (κ1) is 9.89. The Kier molecular flexibility index (Phi) is 2.30. The first-order chi connectivity index (χ1) is 7.07. The van der Waals surface area contributed by atoms with E-state index in [2.05, 4.69) is 9.00 Å². The number of hydrogen-bond donors (Lipinski definition) is 0. The van der Waals surface area contributed by atoms with Gasteiger partial charge in [0, 0.05) is 0 Å². The molecule has 1 aliphatic heterocycles. The molecule has 0 aliphatic carbocycles. The van der Waals surface area contributed by atoms with Crippen LogP contribution in [0.1, 0.15) is 16.8 Å². The van der Waals surface area contributed by atoms with Crippen molar-refractivity contribution in [1.82, 2.24) is 0 Å². The Labute approximate surface area is 85.9 Å². The average molecular weight is 210 g/mol. The molecule has 0 atom stereocenters. The smallest absolute Gasteiger partial charge is 0.572 e. The number of benzene rings is 1. The van der Waals surface area contributed by atoms with Crippen LogP contribution in [0.5, 0.6) is 0 Å². The van der Waals surface area contributed by atoms with Crippen molar-refractivity contribution in [2.45, 2.75) is 6.92 Å². The molecule has 0 saturated carbocycles. The van der Waals surface area contributed by atoms with E-state index in [1.807, 2.05) is 6.07 Å². The zero-order chi connectivity index (χ0) is 10.9. The molecule has 15 heavy (non-hydrogen) atoms. The molecule has 0 amide bonds. The van der Waals surface area contributed by atoms with Crippen molar-refractivity contribution in [3.63, 3.8) is 0 Å². The molecular weight excluding hydrogens is 201 g/mol. The summed E-state index contributed by atoms with van der Waals surface area (Å²) in [5, 5.41) is 0. The number of carbonyl (C=O) groups excluding carboxylic acids is 1. The second-order valence-corrected chi connectivity index (χ2v) is 3.26. The van der Waals surface area contributed by atoms with Gasteiger partial charge in [0.25, 0.3) is 5.78 Å². The van der Waals surface area contributed by atoms with Crippen LogP contribution >= 0.6 is 0 Å². The fraction of sp³-hybridized carbons (Fsp3) is 0.100. The van der Waals surface area contributed by atoms with Gasteiger partial charge in [0.1, 0.15) is 0 Å². The van der Waals surface area contributed by atoms with Crippen molar-refractivity contribution < 1.29 is 17.6 Å². The summed E-state index contributed by atoms with van der Waals surface area (Å²) >= 11 is 0. The first-order valence-electron chi connectivity index (χ1n) is 4.55. The van der Waals surface area contributed by atoms with Crippen molar-refractivity contribution in [1.29, 1.82) is 0 Å². The third kappa shape index (κ3) is 2.23. The normalized spacial score (nSPS) is 18.9. The van der Waals surface area contributed by atoms with Gasteiger partial charge < -0.3 is 17.6 Å². The Morgan fingerprint density at radius 2 is 1.87 bits per heavy atom. The lowest BCUT2D eigenvalue weighted by atomic mass is 10.1. The van der Waals surface area contributed by atoms with Crippen LogP contribution in [-0.2, 0) is 4.65 Å². The zero-order valence-corrected chi connectivity index (χ0v) is 8.11. The summed E-state index contributed by atoms with van der Waals surface area (Å²) in [6.07, 6.45) is 1.45. The van der Waals surface area contributed by atoms with Crippen LogP contribution < -0.4 is 0 Å². The lowest BCUT2D eigenvalue weighted by Gasteiger charge is -2.16. The zero-order valence-electron chi connectivity index (χ0n) is 8.11. The highest BCUT2D eigenvalue weighted by atomic mass is 19.3. The van der Waals surface area contributed by atoms with Crippen LogP contribution in [0.3, 0.4) is 0 Å². The Morgan fingerprint density at radius 3 is 2.47 bits per heavy atom. The van der Waals surface area contributed by atoms with Crippen LogP contribution in [0.4, 0.5) is 8.63 Å². The number of rotatable bonds is 1. The van der Waals surface area contributed by atoms with E-state index >= 15 is 0 Å². The molecule has 0 fully saturated rings. The molecule has 0 unspecified atom stereocenters. The molecule has 0 saturated heterocycles. The molecule has 2 nitrogen and oxygen atoms in total. The maximum Gasteiger partial charge on any atom is 0.994 e. The van der Waals surface area contributed by atoms with Crippen molar-refractivity contribution in [2.24, 2.45) is 0 Å². The van der Waals surface area contributed by atoms with Crippen LogP contribution in [0.25, 0.3) is 0 Å². The molecule has 0 aromatic heterocycles. The van der Waals surface area contributed by atoms with Gasteiger partial charge >= 0.3 is 7.11 Å². The average Bonchev–Trinajstić information content (AvgIpc) is 2.16. The van der Waals surface area contributed by atoms with Gasteiger partial charge in [-0.05, 0) is 19.1 Å². The molecular formula is C10H9BF2O2. The van der Waals surface area contributed by atoms with E-state index in [0.717, 1.165) is 0 Å². The van der Waals surface area contributed by atoms with E-state index in [1.54, 1.807) is 24.3 Å². The highest BCUT2D eigenvalue weighted by molar-refractivity contribution is 6.51. The minimum Gasteiger partial charge on any atom is -0.572 e. The van der Waals surface area contributed by atoms with Gasteiger partial charge in [-0.25, -0.2) is 0 Å². The van der Waals surface area contributed by atoms with E-state index in [1.165, 1.54) is 13.0 Å². The number of ketones is 1. The topological polar surface area (TPSA) is 20.5 Å². The van der Waals surface area contributed by atoms with Gasteiger partial charge in [0.2, 0.25) is 0 Å². The molecule has 1 aromatic carbocycles. The Morgan fingerprint density at radius 1 is 1.20 bits per heavy atom. The number of halogens is 2. The molecule has 5 heteroatoms. The molecule has 78 valence electrons. The molecule has 1 aliphatic rings. The fourth-order valence-corrected chi connectivity index (χ4v) is 1.39. The Balaban J connectivity index is 2.42. The summed E-state index contributed by atoms with van der Waals surface area (Å²) in [4.78, 5) is 0. The SMILES string of the molecule is CC1=CC(c2ccccc2)=[O+][B-](F)(F)O1. The lowest BCUT2D eigenvalue weighted by Crippen LogP contribution is -2.30. The number of allylic oxidation sites excluding steroid dienone is 2. The van der Waals surface area contributed by atoms with Gasteiger partial charge in [0.05, 0.1) is 17.4 Å². The van der Waals surface area contributed by atoms with E-state index in [0.29, 0.717) is 5.56 Å². The van der Waals surface area contributed by atoms with Crippen LogP contribution in [0.15, 0.2) is 42.2 Å². The van der Waals surface area contributed by atoms with E-state index < -0.39 is 7.11 Å². The number of hydrogen-bond acceptors (Lipinski definition) is 1. The highest BCUT2D eigenvalue weighted by Gasteiger charge is 2.52. The van der Waals surface area contributed by atoms with Crippen molar-refractivity contribution in [2.75, 3.05) is 0 Å². The van der Waals surface area contributed by atoms with Crippen LogP contribution in [0.2, 0.25) is 0 Å². The second-order valence-electron chi connectivity index (χ2n) is 3.26. The molecule has 0 spiro atoms. The highest BCUT2D eigenvalue weighted by Crippen LogP contribution is 2.21. The third-order valence-corrected chi connectivity index (χ3v) is 1.98. The van der Waals surface area contributed by atoms with E-state index in [-0.39, 0.29) is 11.5 Å². The summed E-state index contributed by atoms with van der Waals surface area (Å²) in [7, 11) is -4.22. The summed E-state index contributed by atoms with van der Waals surface area (Å²) in [5.41, 5.74) is 0.613. The molecule has 0 N–H and O–H groups in total. The first-order valence-corrected chi connectivity index (χ1v) is 4.55. The van der Waals surface area contributed by atoms with Gasteiger partial charge in [-0.15, -0.1) is 0 Å². The minimum atomic E-state index is -4.22. The van der Waals surface area contributed by atoms with E-state index in [9.17, 15) is 8.63 Å². The van der Waals surface area contributed by atoms with Gasteiger partial charge in [-0.1, -0.05) is 18.2 Å². The van der Waals surface area contributed by atoms with Crippen molar-refractivity contribution in [3.05, 3.63) is 47.7 Å². The predicted molar refractivity (Wildman–Crippen MR) is 53.6 cm³/mol. The van der Waals surface area contributed by atoms with Crippen LogP contribution in [0, 0.1) is 0 Å². The molecule has 1 aromatic rings. The fourth-order valence-electron chi connectivity index (χ4n) is 1.39. The third-order valence-electron chi connectivity index (χ3n) is 1.98. The standard InChI is InChI=1S/C10H9BF2O2/c1-8-7-10(15-11(12,13)14-8)9-5-3-2-4-6-9/h2-7H,1H3. The Bertz CT molecular complexity index is 426. The Hall–Kier alpha value is -1.65.